The van der Waals surface area contributed by atoms with Crippen molar-refractivity contribution >= 4 is 21.4 Å². The van der Waals surface area contributed by atoms with Gasteiger partial charge in [0.2, 0.25) is 0 Å². The molecule has 0 atom stereocenters. The van der Waals surface area contributed by atoms with E-state index in [1.807, 2.05) is 0 Å². The Bertz CT molecular complexity index is 656. The highest BCUT2D eigenvalue weighted by Crippen LogP contribution is 2.19. The first-order valence-corrected chi connectivity index (χ1v) is 6.61. The number of anilines is 2. The Kier molecular flexibility index (Phi) is 3.15. The molecule has 1 aromatic heterocycles. The van der Waals surface area contributed by atoms with Crippen LogP contribution >= 0.6 is 0 Å². The SMILES string of the molecule is Cc1cc(S(=O)(=O)Nc2cncnc2)ccc1N. The van der Waals surface area contributed by atoms with Gasteiger partial charge in [-0.3, -0.25) is 4.72 Å². The van der Waals surface area contributed by atoms with E-state index in [-0.39, 0.29) is 4.90 Å². The van der Waals surface area contributed by atoms with Crippen LogP contribution in [0.15, 0.2) is 41.8 Å². The van der Waals surface area contributed by atoms with Gasteiger partial charge in [-0.25, -0.2) is 18.4 Å². The molecule has 0 aliphatic carbocycles. The summed E-state index contributed by atoms with van der Waals surface area (Å²) < 4.78 is 26.5. The lowest BCUT2D eigenvalue weighted by molar-refractivity contribution is 0.601. The summed E-state index contributed by atoms with van der Waals surface area (Å²) in [6.45, 7) is 1.75. The third-order valence-electron chi connectivity index (χ3n) is 2.36. The first kappa shape index (κ1) is 12.3. The first-order chi connectivity index (χ1) is 8.49. The van der Waals surface area contributed by atoms with Crippen LogP contribution in [-0.4, -0.2) is 18.4 Å². The number of sulfonamides is 1. The lowest BCUT2D eigenvalue weighted by atomic mass is 10.2. The molecule has 0 fully saturated rings. The molecule has 0 unspecified atom stereocenters. The molecule has 1 aromatic carbocycles. The zero-order valence-electron chi connectivity index (χ0n) is 9.66. The lowest BCUT2D eigenvalue weighted by Crippen LogP contribution is -2.13. The second kappa shape index (κ2) is 4.61. The van der Waals surface area contributed by atoms with Gasteiger partial charge in [0.25, 0.3) is 10.0 Å². The first-order valence-electron chi connectivity index (χ1n) is 5.13. The predicted molar refractivity (Wildman–Crippen MR) is 68.4 cm³/mol. The Hall–Kier alpha value is -2.15. The van der Waals surface area contributed by atoms with Crippen LogP contribution in [0.2, 0.25) is 0 Å². The van der Waals surface area contributed by atoms with E-state index in [1.165, 1.54) is 30.9 Å². The smallest absolute Gasteiger partial charge is 0.262 e. The van der Waals surface area contributed by atoms with Gasteiger partial charge >= 0.3 is 0 Å². The summed E-state index contributed by atoms with van der Waals surface area (Å²) in [5, 5.41) is 0. The molecule has 94 valence electrons. The summed E-state index contributed by atoms with van der Waals surface area (Å²) in [7, 11) is -3.64. The number of aromatic nitrogens is 2. The molecule has 2 aromatic rings. The molecule has 0 radical (unpaired) electrons. The number of benzene rings is 1. The molecule has 18 heavy (non-hydrogen) atoms. The van der Waals surface area contributed by atoms with Crippen LogP contribution in [0, 0.1) is 6.92 Å². The molecule has 0 saturated heterocycles. The fourth-order valence-electron chi connectivity index (χ4n) is 1.38. The van der Waals surface area contributed by atoms with Crippen molar-refractivity contribution in [2.24, 2.45) is 0 Å². The maximum absolute atomic E-state index is 12.1. The average Bonchev–Trinajstić information content (AvgIpc) is 2.33. The van der Waals surface area contributed by atoms with Crippen molar-refractivity contribution in [3.8, 4) is 0 Å². The standard InChI is InChI=1S/C11H12N4O2S/c1-8-4-10(2-3-11(8)12)18(16,17)15-9-5-13-7-14-6-9/h2-7,15H,12H2,1H3. The van der Waals surface area contributed by atoms with E-state index in [2.05, 4.69) is 14.7 Å². The van der Waals surface area contributed by atoms with E-state index in [1.54, 1.807) is 13.0 Å². The van der Waals surface area contributed by atoms with Crippen molar-refractivity contribution in [1.82, 2.24) is 9.97 Å². The number of hydrogen-bond acceptors (Lipinski definition) is 5. The summed E-state index contributed by atoms with van der Waals surface area (Å²) >= 11 is 0. The number of aryl methyl sites for hydroxylation is 1. The molecule has 0 aliphatic heterocycles. The molecule has 0 bridgehead atoms. The zero-order valence-corrected chi connectivity index (χ0v) is 10.5. The fraction of sp³-hybridized carbons (Fsp3) is 0.0909. The molecule has 0 amide bonds. The van der Waals surface area contributed by atoms with Gasteiger partial charge in [0.15, 0.2) is 0 Å². The summed E-state index contributed by atoms with van der Waals surface area (Å²) in [5.41, 5.74) is 7.22. The largest absolute Gasteiger partial charge is 0.399 e. The molecule has 7 heteroatoms. The molecule has 0 saturated carbocycles. The number of nitrogens with one attached hydrogen (secondary N) is 1. The Balaban J connectivity index is 2.34. The molecular weight excluding hydrogens is 252 g/mol. The highest BCUT2D eigenvalue weighted by Gasteiger charge is 2.15. The van der Waals surface area contributed by atoms with Crippen LogP contribution in [-0.2, 0) is 10.0 Å². The van der Waals surface area contributed by atoms with Gasteiger partial charge in [0, 0.05) is 5.69 Å². The molecule has 2 rings (SSSR count). The summed E-state index contributed by atoms with van der Waals surface area (Å²) in [5.74, 6) is 0. The van der Waals surface area contributed by atoms with Crippen LogP contribution in [0.4, 0.5) is 11.4 Å². The second-order valence-corrected chi connectivity index (χ2v) is 5.43. The van der Waals surface area contributed by atoms with Gasteiger partial charge in [0.1, 0.15) is 6.33 Å². The van der Waals surface area contributed by atoms with E-state index < -0.39 is 10.0 Å². The van der Waals surface area contributed by atoms with Gasteiger partial charge in [-0.05, 0) is 30.7 Å². The maximum Gasteiger partial charge on any atom is 0.262 e. The lowest BCUT2D eigenvalue weighted by Gasteiger charge is -2.08. The normalized spacial score (nSPS) is 11.2. The third-order valence-corrected chi connectivity index (χ3v) is 3.74. The predicted octanol–water partition coefficient (Wildman–Crippen LogP) is 1.17. The highest BCUT2D eigenvalue weighted by molar-refractivity contribution is 7.92. The Labute approximate surface area is 105 Å². The highest BCUT2D eigenvalue weighted by atomic mass is 32.2. The van der Waals surface area contributed by atoms with Crippen LogP contribution in [0.1, 0.15) is 5.56 Å². The number of nitrogens with two attached hydrogens (primary N) is 1. The number of rotatable bonds is 3. The molecule has 6 nitrogen and oxygen atoms in total. The van der Waals surface area contributed by atoms with E-state index in [9.17, 15) is 8.42 Å². The summed E-state index contributed by atoms with van der Waals surface area (Å²) in [6, 6.07) is 4.53. The minimum absolute atomic E-state index is 0.151. The van der Waals surface area contributed by atoms with Crippen LogP contribution < -0.4 is 10.5 Å². The molecule has 0 aliphatic rings. The van der Waals surface area contributed by atoms with Crippen LogP contribution in [0.3, 0.4) is 0 Å². The Morgan fingerprint density at radius 3 is 2.50 bits per heavy atom. The van der Waals surface area contributed by atoms with E-state index in [0.29, 0.717) is 16.9 Å². The third kappa shape index (κ3) is 2.57. The minimum atomic E-state index is -3.64. The van der Waals surface area contributed by atoms with E-state index in [0.717, 1.165) is 0 Å². The van der Waals surface area contributed by atoms with E-state index in [4.69, 9.17) is 5.73 Å². The van der Waals surface area contributed by atoms with Crippen molar-refractivity contribution < 1.29 is 8.42 Å². The Morgan fingerprint density at radius 1 is 1.22 bits per heavy atom. The number of hydrogen-bond donors (Lipinski definition) is 2. The van der Waals surface area contributed by atoms with Gasteiger partial charge in [-0.1, -0.05) is 0 Å². The number of nitrogen functional groups attached to an aromatic ring is 1. The second-order valence-electron chi connectivity index (χ2n) is 3.75. The van der Waals surface area contributed by atoms with Gasteiger partial charge < -0.3 is 5.73 Å². The summed E-state index contributed by atoms with van der Waals surface area (Å²) in [4.78, 5) is 7.62. The molecular formula is C11H12N4O2S. The monoisotopic (exact) mass is 264 g/mol. The minimum Gasteiger partial charge on any atom is -0.399 e. The van der Waals surface area contributed by atoms with Gasteiger partial charge in [-0.15, -0.1) is 0 Å². The van der Waals surface area contributed by atoms with Gasteiger partial charge in [0.05, 0.1) is 23.0 Å². The number of nitrogens with zero attached hydrogens (tertiary/aromatic N) is 2. The van der Waals surface area contributed by atoms with Crippen LogP contribution in [0.25, 0.3) is 0 Å². The molecule has 1 heterocycles. The molecule has 3 N–H and O–H groups in total. The quantitative estimate of drug-likeness (QED) is 0.811. The van der Waals surface area contributed by atoms with Crippen molar-refractivity contribution in [1.29, 1.82) is 0 Å². The Morgan fingerprint density at radius 2 is 1.89 bits per heavy atom. The van der Waals surface area contributed by atoms with Crippen LogP contribution in [0.5, 0.6) is 0 Å². The average molecular weight is 264 g/mol. The van der Waals surface area contributed by atoms with Crippen molar-refractivity contribution in [2.75, 3.05) is 10.5 Å². The van der Waals surface area contributed by atoms with Crippen molar-refractivity contribution in [2.45, 2.75) is 11.8 Å². The fourth-order valence-corrected chi connectivity index (χ4v) is 2.49. The van der Waals surface area contributed by atoms with Crippen molar-refractivity contribution in [3.63, 3.8) is 0 Å². The zero-order chi connectivity index (χ0) is 13.2. The maximum atomic E-state index is 12.1. The topological polar surface area (TPSA) is 98.0 Å². The van der Waals surface area contributed by atoms with E-state index >= 15 is 0 Å². The van der Waals surface area contributed by atoms with Crippen molar-refractivity contribution in [3.05, 3.63) is 42.5 Å². The molecule has 0 spiro atoms. The van der Waals surface area contributed by atoms with Gasteiger partial charge in [-0.2, -0.15) is 0 Å². The summed E-state index contributed by atoms with van der Waals surface area (Å²) in [6.07, 6.45) is 4.09.